The van der Waals surface area contributed by atoms with E-state index in [2.05, 4.69) is 31.5 Å². The summed E-state index contributed by atoms with van der Waals surface area (Å²) in [6.07, 6.45) is 3.18. The largest absolute Gasteiger partial charge is 0.495 e. The van der Waals surface area contributed by atoms with Crippen molar-refractivity contribution >= 4 is 38.9 Å². The summed E-state index contributed by atoms with van der Waals surface area (Å²) in [5.41, 5.74) is 2.66. The summed E-state index contributed by atoms with van der Waals surface area (Å²) < 4.78 is 6.14. The Hall–Kier alpha value is -2.86. The molecule has 6 heteroatoms. The van der Waals surface area contributed by atoms with Crippen LogP contribution < -0.4 is 15.4 Å². The molecule has 0 radical (unpaired) electrons. The fraction of sp³-hybridized carbons (Fsp3) is 0.0526. The Balaban J connectivity index is 1.79. The van der Waals surface area contributed by atoms with E-state index >= 15 is 0 Å². The molecule has 0 bridgehead atoms. The molecule has 0 atom stereocenters. The number of para-hydroxylation sites is 3. The second-order valence-electron chi connectivity index (χ2n) is 5.22. The molecule has 0 fully saturated rings. The second-order valence-corrected chi connectivity index (χ2v) is 6.08. The van der Waals surface area contributed by atoms with Gasteiger partial charge in [-0.2, -0.15) is 0 Å². The molecule has 1 amide bonds. The smallest absolute Gasteiger partial charge is 0.257 e. The van der Waals surface area contributed by atoms with E-state index in [-0.39, 0.29) is 5.91 Å². The van der Waals surface area contributed by atoms with Crippen LogP contribution in [0.25, 0.3) is 0 Å². The predicted molar refractivity (Wildman–Crippen MR) is 103 cm³/mol. The van der Waals surface area contributed by atoms with Gasteiger partial charge in [-0.25, -0.2) is 0 Å². The third-order valence-corrected chi connectivity index (χ3v) is 4.20. The monoisotopic (exact) mass is 397 g/mol. The number of ether oxygens (including phenoxy) is 1. The van der Waals surface area contributed by atoms with Crippen molar-refractivity contribution in [3.8, 4) is 5.75 Å². The van der Waals surface area contributed by atoms with E-state index in [1.165, 1.54) is 6.20 Å². The van der Waals surface area contributed by atoms with E-state index in [9.17, 15) is 4.79 Å². The van der Waals surface area contributed by atoms with E-state index in [0.29, 0.717) is 22.7 Å². The van der Waals surface area contributed by atoms with Gasteiger partial charge >= 0.3 is 0 Å². The van der Waals surface area contributed by atoms with Gasteiger partial charge in [0.05, 0.1) is 35.9 Å². The fourth-order valence-corrected chi connectivity index (χ4v) is 2.68. The van der Waals surface area contributed by atoms with Crippen molar-refractivity contribution in [1.82, 2.24) is 4.98 Å². The molecule has 3 aromatic rings. The van der Waals surface area contributed by atoms with Crippen molar-refractivity contribution in [3.63, 3.8) is 0 Å². The van der Waals surface area contributed by atoms with Crippen LogP contribution in [0.1, 0.15) is 10.4 Å². The number of methoxy groups -OCH3 is 1. The molecule has 1 heterocycles. The van der Waals surface area contributed by atoms with Crippen molar-refractivity contribution < 1.29 is 9.53 Å². The standard InChI is InChI=1S/C19H16BrN3O2/c1-25-18-9-5-4-8-17(18)22-14-10-13(11-21-12-14)19(24)23-16-7-3-2-6-15(16)20/h2-12,22H,1H3,(H,23,24). The van der Waals surface area contributed by atoms with E-state index in [1.54, 1.807) is 19.4 Å². The molecule has 0 unspecified atom stereocenters. The summed E-state index contributed by atoms with van der Waals surface area (Å²) in [6, 6.07) is 16.7. The number of amides is 1. The van der Waals surface area contributed by atoms with Crippen LogP contribution in [0.5, 0.6) is 5.75 Å². The summed E-state index contributed by atoms with van der Waals surface area (Å²) >= 11 is 3.42. The zero-order valence-corrected chi connectivity index (χ0v) is 15.1. The summed E-state index contributed by atoms with van der Waals surface area (Å²) in [7, 11) is 1.61. The molecule has 0 spiro atoms. The van der Waals surface area contributed by atoms with Gasteiger partial charge in [-0.3, -0.25) is 9.78 Å². The number of carbonyl (C=O) groups is 1. The van der Waals surface area contributed by atoms with Crippen molar-refractivity contribution in [2.45, 2.75) is 0 Å². The van der Waals surface area contributed by atoms with Gasteiger partial charge in [0.15, 0.2) is 0 Å². The van der Waals surface area contributed by atoms with Gasteiger partial charge in [0.2, 0.25) is 0 Å². The summed E-state index contributed by atoms with van der Waals surface area (Å²) in [5.74, 6) is 0.480. The van der Waals surface area contributed by atoms with Crippen molar-refractivity contribution in [2.24, 2.45) is 0 Å². The van der Waals surface area contributed by atoms with Crippen LogP contribution in [0.3, 0.4) is 0 Å². The van der Waals surface area contributed by atoms with Gasteiger partial charge < -0.3 is 15.4 Å². The molecule has 2 N–H and O–H groups in total. The average molecular weight is 398 g/mol. The predicted octanol–water partition coefficient (Wildman–Crippen LogP) is 4.85. The molecular formula is C19H16BrN3O2. The first-order valence-corrected chi connectivity index (χ1v) is 8.37. The molecule has 0 aliphatic rings. The number of benzene rings is 2. The Morgan fingerprint density at radius 1 is 1.04 bits per heavy atom. The van der Waals surface area contributed by atoms with Gasteiger partial charge in [-0.1, -0.05) is 24.3 Å². The Bertz CT molecular complexity index is 899. The number of anilines is 3. The zero-order valence-electron chi connectivity index (χ0n) is 13.5. The lowest BCUT2D eigenvalue weighted by Gasteiger charge is -2.12. The second kappa shape index (κ2) is 7.81. The van der Waals surface area contributed by atoms with Crippen LogP contribution in [0.15, 0.2) is 71.5 Å². The van der Waals surface area contributed by atoms with E-state index < -0.39 is 0 Å². The first-order chi connectivity index (χ1) is 12.2. The quantitative estimate of drug-likeness (QED) is 0.645. The third-order valence-electron chi connectivity index (χ3n) is 3.51. The number of hydrogen-bond donors (Lipinski definition) is 2. The number of halogens is 1. The minimum Gasteiger partial charge on any atom is -0.495 e. The minimum atomic E-state index is -0.233. The summed E-state index contributed by atoms with van der Waals surface area (Å²) in [6.45, 7) is 0. The van der Waals surface area contributed by atoms with Gasteiger partial charge in [0.1, 0.15) is 5.75 Å². The molecule has 0 saturated carbocycles. The minimum absolute atomic E-state index is 0.233. The van der Waals surface area contributed by atoms with Crippen molar-refractivity contribution in [3.05, 3.63) is 77.0 Å². The Labute approximate surface area is 154 Å². The van der Waals surface area contributed by atoms with E-state index in [0.717, 1.165) is 10.2 Å². The molecule has 0 aliphatic heterocycles. The first kappa shape index (κ1) is 17.0. The molecule has 25 heavy (non-hydrogen) atoms. The molecule has 126 valence electrons. The Morgan fingerprint density at radius 3 is 2.52 bits per heavy atom. The van der Waals surface area contributed by atoms with Crippen LogP contribution in [0.2, 0.25) is 0 Å². The number of carbonyl (C=O) groups excluding carboxylic acids is 1. The summed E-state index contributed by atoms with van der Waals surface area (Å²) in [4.78, 5) is 16.6. The maximum Gasteiger partial charge on any atom is 0.257 e. The highest BCUT2D eigenvalue weighted by Gasteiger charge is 2.10. The van der Waals surface area contributed by atoms with Crippen molar-refractivity contribution in [2.75, 3.05) is 17.7 Å². The number of aromatic nitrogens is 1. The number of nitrogens with zero attached hydrogens (tertiary/aromatic N) is 1. The van der Waals surface area contributed by atoms with Crippen LogP contribution in [-0.2, 0) is 0 Å². The Morgan fingerprint density at radius 2 is 1.76 bits per heavy atom. The van der Waals surface area contributed by atoms with E-state index in [4.69, 9.17) is 4.74 Å². The normalized spacial score (nSPS) is 10.2. The van der Waals surface area contributed by atoms with Gasteiger partial charge in [-0.15, -0.1) is 0 Å². The highest BCUT2D eigenvalue weighted by Crippen LogP contribution is 2.27. The topological polar surface area (TPSA) is 63.2 Å². The van der Waals surface area contributed by atoms with Crippen molar-refractivity contribution in [1.29, 1.82) is 0 Å². The van der Waals surface area contributed by atoms with Crippen LogP contribution in [0.4, 0.5) is 17.1 Å². The van der Waals surface area contributed by atoms with Gasteiger partial charge in [-0.05, 0) is 46.3 Å². The molecule has 2 aromatic carbocycles. The number of hydrogen-bond acceptors (Lipinski definition) is 4. The fourth-order valence-electron chi connectivity index (χ4n) is 2.29. The lowest BCUT2D eigenvalue weighted by molar-refractivity contribution is 0.102. The van der Waals surface area contributed by atoms with Crippen LogP contribution >= 0.6 is 15.9 Å². The highest BCUT2D eigenvalue weighted by molar-refractivity contribution is 9.10. The maximum absolute atomic E-state index is 12.5. The molecule has 1 aromatic heterocycles. The SMILES string of the molecule is COc1ccccc1Nc1cncc(C(=O)Nc2ccccc2Br)c1. The molecule has 3 rings (SSSR count). The van der Waals surface area contributed by atoms with E-state index in [1.807, 2.05) is 48.5 Å². The molecular weight excluding hydrogens is 382 g/mol. The molecule has 0 saturated heterocycles. The molecule has 0 aliphatic carbocycles. The average Bonchev–Trinajstić information content (AvgIpc) is 2.64. The third kappa shape index (κ3) is 4.16. The lowest BCUT2D eigenvalue weighted by atomic mass is 10.2. The lowest BCUT2D eigenvalue weighted by Crippen LogP contribution is -2.12. The van der Waals surface area contributed by atoms with Crippen LogP contribution in [-0.4, -0.2) is 18.0 Å². The molecule has 5 nitrogen and oxygen atoms in total. The first-order valence-electron chi connectivity index (χ1n) is 7.58. The highest BCUT2D eigenvalue weighted by atomic mass is 79.9. The Kier molecular flexibility index (Phi) is 5.30. The number of nitrogens with one attached hydrogen (secondary N) is 2. The number of pyridine rings is 1. The van der Waals surface area contributed by atoms with Gasteiger partial charge in [0, 0.05) is 10.7 Å². The van der Waals surface area contributed by atoms with Crippen LogP contribution in [0, 0.1) is 0 Å². The maximum atomic E-state index is 12.5. The van der Waals surface area contributed by atoms with Gasteiger partial charge in [0.25, 0.3) is 5.91 Å². The zero-order chi connectivity index (χ0) is 17.6. The number of rotatable bonds is 5. The summed E-state index contributed by atoms with van der Waals surface area (Å²) in [5, 5.41) is 6.08.